The molecule has 0 atom stereocenters. The Morgan fingerprint density at radius 2 is 1.62 bits per heavy atom. The van der Waals surface area contributed by atoms with Gasteiger partial charge in [0, 0.05) is 28.6 Å². The molecule has 2 aromatic carbocycles. The molecule has 0 spiro atoms. The van der Waals surface area contributed by atoms with Gasteiger partial charge in [-0.3, -0.25) is 4.79 Å². The lowest BCUT2D eigenvalue weighted by molar-refractivity contribution is 0.474. The van der Waals surface area contributed by atoms with Crippen LogP contribution >= 0.6 is 0 Å². The van der Waals surface area contributed by atoms with Gasteiger partial charge in [-0.1, -0.05) is 44.2 Å². The first kappa shape index (κ1) is 15.8. The number of benzene rings is 3. The third kappa shape index (κ3) is 2.76. The summed E-state index contributed by atoms with van der Waals surface area (Å²) >= 11 is 0. The van der Waals surface area contributed by atoms with Crippen LogP contribution in [0.5, 0.6) is 5.75 Å². The maximum absolute atomic E-state index is 11.6. The number of phenols is 1. The lowest BCUT2D eigenvalue weighted by Gasteiger charge is -2.14. The van der Waals surface area contributed by atoms with Crippen LogP contribution in [0.2, 0.25) is 0 Å². The van der Waals surface area contributed by atoms with Gasteiger partial charge in [-0.25, -0.2) is 0 Å². The summed E-state index contributed by atoms with van der Waals surface area (Å²) in [6.07, 6.45) is 0. The van der Waals surface area contributed by atoms with Gasteiger partial charge in [-0.2, -0.15) is 0 Å². The molecule has 3 nitrogen and oxygen atoms in total. The Bertz CT molecular complexity index is 1000. The monoisotopic (exact) mass is 318 g/mol. The molecule has 24 heavy (non-hydrogen) atoms. The van der Waals surface area contributed by atoms with Crippen molar-refractivity contribution in [2.24, 2.45) is 0 Å². The summed E-state index contributed by atoms with van der Waals surface area (Å²) in [6.45, 7) is 4.00. The summed E-state index contributed by atoms with van der Waals surface area (Å²) in [6, 6.07) is 19.8. The molecular formula is C21H18O3. The average Bonchev–Trinajstić information content (AvgIpc) is 2.62. The van der Waals surface area contributed by atoms with E-state index in [0.717, 1.165) is 22.1 Å². The van der Waals surface area contributed by atoms with Crippen molar-refractivity contribution >= 4 is 11.0 Å². The number of rotatable bonds is 1. The fraction of sp³-hybridized carbons (Fsp3) is 0.0952. The van der Waals surface area contributed by atoms with E-state index in [9.17, 15) is 9.90 Å². The van der Waals surface area contributed by atoms with Crippen LogP contribution in [0.1, 0.15) is 13.8 Å². The highest BCUT2D eigenvalue weighted by molar-refractivity contribution is 6.02. The smallest absolute Gasteiger partial charge is 0.182 e. The number of hydrogen-bond donors (Lipinski definition) is 1. The van der Waals surface area contributed by atoms with Gasteiger partial charge in [0.25, 0.3) is 0 Å². The zero-order valence-electron chi connectivity index (χ0n) is 13.6. The highest BCUT2D eigenvalue weighted by Crippen LogP contribution is 2.40. The van der Waals surface area contributed by atoms with E-state index >= 15 is 0 Å². The van der Waals surface area contributed by atoms with E-state index in [4.69, 9.17) is 4.42 Å². The Morgan fingerprint density at radius 3 is 2.38 bits per heavy atom. The fourth-order valence-electron chi connectivity index (χ4n) is 2.78. The van der Waals surface area contributed by atoms with Crippen molar-refractivity contribution in [3.05, 3.63) is 77.0 Å². The van der Waals surface area contributed by atoms with Crippen molar-refractivity contribution in [3.63, 3.8) is 0 Å². The molecule has 0 unspecified atom stereocenters. The molecule has 1 N–H and O–H groups in total. The molecule has 4 rings (SSSR count). The number of fused-ring (bicyclic) bond motifs is 2. The molecule has 1 aliphatic heterocycles. The summed E-state index contributed by atoms with van der Waals surface area (Å²) < 4.78 is 5.81. The highest BCUT2D eigenvalue weighted by atomic mass is 16.3. The summed E-state index contributed by atoms with van der Waals surface area (Å²) in [5.41, 5.74) is 3.37. The second kappa shape index (κ2) is 6.59. The standard InChI is InChI=1S/C19H12O3.C2H6/c20-13-6-8-15-17(10-13)22-18-11-14(21)7-9-16(18)19(15)12-4-2-1-3-5-12;1-2/h1-11,20H;1-2H3. The summed E-state index contributed by atoms with van der Waals surface area (Å²) in [7, 11) is 0. The van der Waals surface area contributed by atoms with Crippen molar-refractivity contribution in [3.8, 4) is 28.2 Å². The Labute approximate surface area is 140 Å². The molecule has 1 aliphatic carbocycles. The molecule has 120 valence electrons. The van der Waals surface area contributed by atoms with Gasteiger partial charge >= 0.3 is 0 Å². The minimum Gasteiger partial charge on any atom is -0.508 e. The molecule has 0 fully saturated rings. The van der Waals surface area contributed by atoms with E-state index in [2.05, 4.69) is 0 Å². The predicted octanol–water partition coefficient (Wildman–Crippen LogP) is 5.30. The van der Waals surface area contributed by atoms with Gasteiger partial charge in [-0.05, 0) is 29.8 Å². The molecule has 0 bridgehead atoms. The first-order chi connectivity index (χ1) is 11.7. The average molecular weight is 318 g/mol. The summed E-state index contributed by atoms with van der Waals surface area (Å²) in [5, 5.41) is 10.6. The Balaban J connectivity index is 0.000000815. The zero-order valence-corrected chi connectivity index (χ0v) is 13.6. The lowest BCUT2D eigenvalue weighted by atomic mass is 9.94. The largest absolute Gasteiger partial charge is 0.508 e. The van der Waals surface area contributed by atoms with E-state index < -0.39 is 0 Å². The van der Waals surface area contributed by atoms with Crippen LogP contribution in [0.3, 0.4) is 0 Å². The molecule has 0 saturated heterocycles. The molecule has 0 amide bonds. The van der Waals surface area contributed by atoms with E-state index in [1.807, 2.05) is 50.2 Å². The normalized spacial score (nSPS) is 10.4. The summed E-state index contributed by atoms with van der Waals surface area (Å²) in [4.78, 5) is 11.6. The predicted molar refractivity (Wildman–Crippen MR) is 97.6 cm³/mol. The fourth-order valence-corrected chi connectivity index (χ4v) is 2.78. The second-order valence-electron chi connectivity index (χ2n) is 5.18. The van der Waals surface area contributed by atoms with Gasteiger partial charge in [0.15, 0.2) is 5.43 Å². The highest BCUT2D eigenvalue weighted by Gasteiger charge is 2.17. The van der Waals surface area contributed by atoms with Crippen molar-refractivity contribution in [2.75, 3.05) is 0 Å². The molecule has 0 radical (unpaired) electrons. The zero-order chi connectivity index (χ0) is 17.1. The first-order valence-electron chi connectivity index (χ1n) is 7.97. The van der Waals surface area contributed by atoms with E-state index in [0.29, 0.717) is 11.3 Å². The van der Waals surface area contributed by atoms with Crippen molar-refractivity contribution in [2.45, 2.75) is 13.8 Å². The van der Waals surface area contributed by atoms with Gasteiger partial charge in [-0.15, -0.1) is 0 Å². The Kier molecular flexibility index (Phi) is 4.34. The third-order valence-electron chi connectivity index (χ3n) is 3.74. The van der Waals surface area contributed by atoms with Crippen molar-refractivity contribution < 1.29 is 9.52 Å². The molecule has 2 aliphatic rings. The lowest BCUT2D eigenvalue weighted by Crippen LogP contribution is -1.99. The van der Waals surface area contributed by atoms with Crippen LogP contribution in [0.15, 0.2) is 75.9 Å². The topological polar surface area (TPSA) is 50.4 Å². The number of phenolic OH excluding ortho intramolecular Hbond substituents is 1. The van der Waals surface area contributed by atoms with Crippen molar-refractivity contribution in [1.82, 2.24) is 0 Å². The molecule has 0 aromatic heterocycles. The van der Waals surface area contributed by atoms with Crippen LogP contribution in [-0.4, -0.2) is 5.11 Å². The van der Waals surface area contributed by atoms with Crippen LogP contribution in [0, 0.1) is 0 Å². The van der Waals surface area contributed by atoms with Crippen LogP contribution < -0.4 is 5.43 Å². The van der Waals surface area contributed by atoms with E-state index in [1.54, 1.807) is 18.2 Å². The maximum Gasteiger partial charge on any atom is 0.182 e. The maximum atomic E-state index is 11.6. The van der Waals surface area contributed by atoms with E-state index in [-0.39, 0.29) is 11.2 Å². The van der Waals surface area contributed by atoms with Crippen LogP contribution in [0.4, 0.5) is 0 Å². The van der Waals surface area contributed by atoms with Gasteiger partial charge in [0.1, 0.15) is 17.1 Å². The Hall–Kier alpha value is -3.07. The first-order valence-corrected chi connectivity index (χ1v) is 7.97. The van der Waals surface area contributed by atoms with Crippen LogP contribution in [0.25, 0.3) is 33.4 Å². The molecule has 1 heterocycles. The minimum atomic E-state index is -0.102. The SMILES string of the molecule is CC.O=c1ccc2c(-c3ccccc3)c3ccc(O)cc3oc-2c1. The van der Waals surface area contributed by atoms with Crippen molar-refractivity contribution in [1.29, 1.82) is 0 Å². The molecular weight excluding hydrogens is 300 g/mol. The van der Waals surface area contributed by atoms with Gasteiger partial charge in [0.2, 0.25) is 0 Å². The quantitative estimate of drug-likeness (QED) is 0.485. The van der Waals surface area contributed by atoms with Gasteiger partial charge in [0.05, 0.1) is 0 Å². The second-order valence-corrected chi connectivity index (χ2v) is 5.18. The van der Waals surface area contributed by atoms with E-state index in [1.165, 1.54) is 12.1 Å². The number of aromatic hydroxyl groups is 1. The van der Waals surface area contributed by atoms with Gasteiger partial charge < -0.3 is 9.52 Å². The molecule has 3 heteroatoms. The minimum absolute atomic E-state index is 0.102. The third-order valence-corrected chi connectivity index (χ3v) is 3.74. The van der Waals surface area contributed by atoms with Crippen LogP contribution in [-0.2, 0) is 0 Å². The molecule has 2 aromatic rings. The summed E-state index contributed by atoms with van der Waals surface area (Å²) in [5.74, 6) is 0.650. The molecule has 0 saturated carbocycles. The number of hydrogen-bond acceptors (Lipinski definition) is 3. The Morgan fingerprint density at radius 1 is 0.875 bits per heavy atom.